The molecule has 3 nitrogen and oxygen atoms in total. The van der Waals surface area contributed by atoms with Gasteiger partial charge in [-0.15, -0.1) is 4.74 Å². The summed E-state index contributed by atoms with van der Waals surface area (Å²) in [6, 6.07) is 0. The molecule has 0 aromatic rings. The summed E-state index contributed by atoms with van der Waals surface area (Å²) in [5.74, 6) is 0. The van der Waals surface area contributed by atoms with Crippen molar-refractivity contribution in [2.45, 2.75) is 6.92 Å². The molecule has 0 fully saturated rings. The molecule has 0 N–H and O–H groups in total. The Morgan fingerprint density at radius 3 is 2.40 bits per heavy atom. The first-order valence-corrected chi connectivity index (χ1v) is 6.79. The molecule has 0 spiro atoms. The van der Waals surface area contributed by atoms with Crippen LogP contribution in [0.3, 0.4) is 0 Å². The molecule has 0 aromatic heterocycles. The number of carbonyl (C=O) groups is 1. The van der Waals surface area contributed by atoms with Crippen LogP contribution in [0.1, 0.15) is 6.92 Å². The second kappa shape index (κ2) is 4.45. The lowest BCUT2D eigenvalue weighted by molar-refractivity contribution is 0.164. The molecule has 0 heterocycles. The van der Waals surface area contributed by atoms with Crippen molar-refractivity contribution in [3.05, 3.63) is 0 Å². The van der Waals surface area contributed by atoms with Crippen molar-refractivity contribution in [3.63, 3.8) is 0 Å². The van der Waals surface area contributed by atoms with Crippen LogP contribution in [0.2, 0.25) is 0 Å². The number of carbonyl (C=O) groups excluding carboxylic acids is 1. The van der Waals surface area contributed by atoms with Crippen LogP contribution < -0.4 is 0 Å². The lowest BCUT2D eigenvalue weighted by atomic mass is 10.9. The molecule has 0 unspecified atom stereocenters. The number of ether oxygens (including phenoxy) is 1. The highest BCUT2D eigenvalue weighted by molar-refractivity contribution is 8.26. The fraction of sp³-hybridized carbons (Fsp3) is 0.667. The van der Waals surface area contributed by atoms with Gasteiger partial charge in [-0.3, -0.25) is 0 Å². The van der Waals surface area contributed by atoms with Crippen molar-refractivity contribution in [2.75, 3.05) is 6.61 Å². The van der Waals surface area contributed by atoms with Crippen LogP contribution in [0, 0.1) is 0 Å². The fourth-order valence-electron chi connectivity index (χ4n) is 0.245. The van der Waals surface area contributed by atoms with E-state index in [1.807, 2.05) is 0 Å². The fourth-order valence-corrected chi connectivity index (χ4v) is 1.04. The normalized spacial score (nSPS) is 10.8. The molecule has 0 aliphatic rings. The number of rotatable bonds is 1. The molecule has 1 amide bonds. The molecule has 0 aliphatic carbocycles. The molecule has 7 heteroatoms. The second-order valence-corrected chi connectivity index (χ2v) is 8.21. The number of halogens is 3. The van der Waals surface area contributed by atoms with E-state index >= 15 is 0 Å². The van der Waals surface area contributed by atoms with Crippen LogP contribution in [-0.4, -0.2) is 12.7 Å². The van der Waals surface area contributed by atoms with Gasteiger partial charge in [0.15, 0.2) is 0 Å². The molecule has 0 radical (unpaired) electrons. The highest BCUT2D eigenvalue weighted by atomic mass is 36.0. The Morgan fingerprint density at radius 2 is 2.10 bits per heavy atom. The van der Waals surface area contributed by atoms with Gasteiger partial charge in [0.05, 0.1) is 6.61 Å². The third-order valence-electron chi connectivity index (χ3n) is 0.463. The predicted octanol–water partition coefficient (Wildman–Crippen LogP) is 3.81. The topological polar surface area (TPSA) is 38.7 Å². The van der Waals surface area contributed by atoms with E-state index in [1.165, 1.54) is 0 Å². The van der Waals surface area contributed by atoms with Gasteiger partial charge in [0.2, 0.25) is 5.11 Å². The lowest BCUT2D eigenvalue weighted by Crippen LogP contribution is -1.95. The molecule has 60 valence electrons. The van der Waals surface area contributed by atoms with E-state index in [2.05, 4.69) is 9.48 Å². The third kappa shape index (κ3) is 6.69. The summed E-state index contributed by atoms with van der Waals surface area (Å²) in [7, 11) is 0. The van der Waals surface area contributed by atoms with E-state index in [4.69, 9.17) is 33.7 Å². The first-order valence-electron chi connectivity index (χ1n) is 2.33. The van der Waals surface area contributed by atoms with Crippen LogP contribution >= 0.6 is 38.8 Å². The summed E-state index contributed by atoms with van der Waals surface area (Å²) >= 11 is 15.7. The van der Waals surface area contributed by atoms with E-state index in [0.29, 0.717) is 0 Å². The van der Waals surface area contributed by atoms with Gasteiger partial charge >= 0.3 is 6.09 Å². The Morgan fingerprint density at radius 1 is 1.60 bits per heavy atom. The third-order valence-corrected chi connectivity index (χ3v) is 1.53. The smallest absolute Gasteiger partial charge is 0.435 e. The predicted molar refractivity (Wildman–Crippen MR) is 43.9 cm³/mol. The zero-order valence-electron chi connectivity index (χ0n) is 5.05. The molecule has 0 rings (SSSR count). The number of amides is 1. The van der Waals surface area contributed by atoms with Gasteiger partial charge in [0.1, 0.15) is 0 Å². The molecular weight excluding hydrogens is 219 g/mol. The maximum atomic E-state index is 10.4. The Balaban J connectivity index is 4.02. The quantitative estimate of drug-likeness (QED) is 0.635. The summed E-state index contributed by atoms with van der Waals surface area (Å²) in [4.78, 5) is 10.4. The summed E-state index contributed by atoms with van der Waals surface area (Å²) in [6.45, 7) is 1.87. The zero-order chi connectivity index (χ0) is 8.20. The molecule has 0 bridgehead atoms. The molecule has 10 heavy (non-hydrogen) atoms. The Labute approximate surface area is 73.0 Å². The zero-order valence-corrected chi connectivity index (χ0v) is 8.21. The Kier molecular flexibility index (Phi) is 4.70. The van der Waals surface area contributed by atoms with E-state index in [9.17, 15) is 4.79 Å². The number of hydrogen-bond acceptors (Lipinski definition) is 2. The largest absolute Gasteiger partial charge is 0.448 e. The van der Waals surface area contributed by atoms with E-state index in [-0.39, 0.29) is 6.61 Å². The van der Waals surface area contributed by atoms with Crippen LogP contribution in [-0.2, 0) is 4.74 Å². The highest BCUT2D eigenvalue weighted by Crippen LogP contribution is 2.65. The van der Waals surface area contributed by atoms with Gasteiger partial charge in [-0.05, 0) is 40.6 Å². The van der Waals surface area contributed by atoms with Crippen LogP contribution in [0.4, 0.5) is 4.79 Å². The lowest BCUT2D eigenvalue weighted by Gasteiger charge is -1.96. The minimum Gasteiger partial charge on any atom is -0.448 e. The highest BCUT2D eigenvalue weighted by Gasteiger charge is 2.09. The van der Waals surface area contributed by atoms with Gasteiger partial charge in [-0.2, -0.15) is 0 Å². The minimum absolute atomic E-state index is 0.229. The van der Waals surface area contributed by atoms with Crippen LogP contribution in [0.15, 0.2) is 4.74 Å². The summed E-state index contributed by atoms with van der Waals surface area (Å²) in [5.41, 5.74) is 0. The van der Waals surface area contributed by atoms with Crippen LogP contribution in [0.5, 0.6) is 0 Å². The van der Waals surface area contributed by atoms with E-state index in [0.717, 1.165) is 0 Å². The molecular formula is C3H5Cl3NO2P. The standard InChI is InChI=1S/C3H5Cl3NO2P/c1-2-9-3(8)7-10(4,5)6/h2H2,1H3. The molecule has 0 aromatic carbocycles. The van der Waals surface area contributed by atoms with Crippen molar-refractivity contribution in [3.8, 4) is 0 Å². The molecule has 0 atom stereocenters. The van der Waals surface area contributed by atoms with Gasteiger partial charge in [-0.25, -0.2) is 4.79 Å². The SMILES string of the molecule is CCOC(=O)N=P(Cl)(Cl)Cl. The number of hydrogen-bond donors (Lipinski definition) is 0. The monoisotopic (exact) mass is 223 g/mol. The maximum Gasteiger partial charge on any atom is 0.435 e. The van der Waals surface area contributed by atoms with Crippen molar-refractivity contribution < 1.29 is 9.53 Å². The van der Waals surface area contributed by atoms with Crippen molar-refractivity contribution >= 4 is 44.9 Å². The van der Waals surface area contributed by atoms with E-state index in [1.54, 1.807) is 6.92 Å². The summed E-state index contributed by atoms with van der Waals surface area (Å²) < 4.78 is 7.53. The van der Waals surface area contributed by atoms with E-state index < -0.39 is 11.2 Å². The Bertz CT molecular complexity index is 168. The maximum absolute atomic E-state index is 10.4. The molecule has 0 saturated heterocycles. The van der Waals surface area contributed by atoms with Crippen molar-refractivity contribution in [1.29, 1.82) is 0 Å². The Hall–Kier alpha value is 0.570. The average molecular weight is 224 g/mol. The summed E-state index contributed by atoms with van der Waals surface area (Å²) in [6.07, 6.45) is -0.823. The summed E-state index contributed by atoms with van der Waals surface area (Å²) in [5, 5.41) is -2.93. The van der Waals surface area contributed by atoms with Gasteiger partial charge in [0, 0.05) is 0 Å². The molecule has 0 aliphatic heterocycles. The second-order valence-electron chi connectivity index (χ2n) is 1.22. The van der Waals surface area contributed by atoms with Gasteiger partial charge in [0.25, 0.3) is 0 Å². The minimum atomic E-state index is -2.93. The van der Waals surface area contributed by atoms with Gasteiger partial charge < -0.3 is 4.74 Å². The first-order chi connectivity index (χ1) is 4.45. The van der Waals surface area contributed by atoms with Crippen LogP contribution in [0.25, 0.3) is 0 Å². The van der Waals surface area contributed by atoms with Crippen molar-refractivity contribution in [2.24, 2.45) is 4.74 Å². The average Bonchev–Trinajstić information content (AvgIpc) is 1.59. The molecule has 0 saturated carbocycles. The number of nitrogens with zero attached hydrogens (tertiary/aromatic N) is 1. The van der Waals surface area contributed by atoms with Gasteiger partial charge in [-0.1, -0.05) is 0 Å². The van der Waals surface area contributed by atoms with Crippen molar-refractivity contribution in [1.82, 2.24) is 0 Å². The first kappa shape index (κ1) is 10.6.